The standard InChI is InChI=1S/C25H26FN3O3/c26-22-9-8-16(15-23-19-6-1-2-7-20(19)24(30)28-27-23)14-21(22)25(31)29-12-10-18(11-13-29)32-17-4-3-5-17/h1-2,6-9,14,17-18H,3-5,10-13,15H2,(H,28,30). The number of rotatable bonds is 5. The maximum atomic E-state index is 14.6. The number of piperidine rings is 1. The zero-order valence-corrected chi connectivity index (χ0v) is 17.9. The third kappa shape index (κ3) is 4.17. The van der Waals surface area contributed by atoms with Crippen LogP contribution in [0.5, 0.6) is 0 Å². The van der Waals surface area contributed by atoms with Crippen LogP contribution in [-0.4, -0.2) is 46.3 Å². The second-order valence-electron chi connectivity index (χ2n) is 8.72. The summed E-state index contributed by atoms with van der Waals surface area (Å²) in [4.78, 5) is 26.8. The molecule has 2 aliphatic rings. The molecule has 1 saturated carbocycles. The fourth-order valence-electron chi connectivity index (χ4n) is 4.49. The fourth-order valence-corrected chi connectivity index (χ4v) is 4.49. The predicted molar refractivity (Wildman–Crippen MR) is 119 cm³/mol. The van der Waals surface area contributed by atoms with E-state index in [1.807, 2.05) is 12.1 Å². The molecule has 1 saturated heterocycles. The van der Waals surface area contributed by atoms with Crippen LogP contribution in [-0.2, 0) is 11.2 Å². The first kappa shape index (κ1) is 20.8. The number of aromatic nitrogens is 2. The van der Waals surface area contributed by atoms with E-state index in [2.05, 4.69) is 10.2 Å². The molecule has 2 aromatic carbocycles. The predicted octanol–water partition coefficient (Wildman–Crippen LogP) is 3.83. The van der Waals surface area contributed by atoms with Gasteiger partial charge in [0.25, 0.3) is 11.5 Å². The number of likely N-dealkylation sites (tertiary alicyclic amines) is 1. The molecule has 2 fully saturated rings. The van der Waals surface area contributed by atoms with Crippen LogP contribution in [0.4, 0.5) is 4.39 Å². The highest BCUT2D eigenvalue weighted by molar-refractivity contribution is 5.95. The van der Waals surface area contributed by atoms with Crippen molar-refractivity contribution in [2.75, 3.05) is 13.1 Å². The van der Waals surface area contributed by atoms with Crippen molar-refractivity contribution in [3.05, 3.63) is 75.5 Å². The number of hydrogen-bond donors (Lipinski definition) is 1. The SMILES string of the molecule is O=C(c1cc(Cc2n[nH]c(=O)c3ccccc23)ccc1F)N1CCC(OC2CCC2)CC1. The summed E-state index contributed by atoms with van der Waals surface area (Å²) in [7, 11) is 0. The van der Waals surface area contributed by atoms with Crippen molar-refractivity contribution in [3.63, 3.8) is 0 Å². The molecule has 1 N–H and O–H groups in total. The highest BCUT2D eigenvalue weighted by Crippen LogP contribution is 2.27. The third-order valence-electron chi connectivity index (χ3n) is 6.57. The molecule has 1 amide bonds. The van der Waals surface area contributed by atoms with Crippen molar-refractivity contribution in [1.29, 1.82) is 0 Å². The fraction of sp³-hybridized carbons (Fsp3) is 0.400. The van der Waals surface area contributed by atoms with Gasteiger partial charge >= 0.3 is 0 Å². The minimum absolute atomic E-state index is 0.0783. The highest BCUT2D eigenvalue weighted by Gasteiger charge is 2.29. The summed E-state index contributed by atoms with van der Waals surface area (Å²) in [6.07, 6.45) is 6.05. The largest absolute Gasteiger partial charge is 0.375 e. The molecular weight excluding hydrogens is 409 g/mol. The minimum atomic E-state index is -0.522. The second-order valence-corrected chi connectivity index (χ2v) is 8.72. The molecule has 5 rings (SSSR count). The van der Waals surface area contributed by atoms with Crippen molar-refractivity contribution in [2.24, 2.45) is 0 Å². The van der Waals surface area contributed by atoms with E-state index in [4.69, 9.17) is 4.74 Å². The van der Waals surface area contributed by atoms with E-state index in [9.17, 15) is 14.0 Å². The summed E-state index contributed by atoms with van der Waals surface area (Å²) in [5.74, 6) is -0.809. The number of nitrogens with one attached hydrogen (secondary N) is 1. The van der Waals surface area contributed by atoms with Crippen molar-refractivity contribution in [2.45, 2.75) is 50.7 Å². The number of halogens is 1. The molecule has 166 valence electrons. The van der Waals surface area contributed by atoms with Gasteiger partial charge in [-0.3, -0.25) is 9.59 Å². The number of amides is 1. The zero-order chi connectivity index (χ0) is 22.1. The molecular formula is C25H26FN3O3. The molecule has 1 aromatic heterocycles. The zero-order valence-electron chi connectivity index (χ0n) is 17.9. The number of benzene rings is 2. The summed E-state index contributed by atoms with van der Waals surface area (Å²) in [6, 6.07) is 11.8. The van der Waals surface area contributed by atoms with Crippen molar-refractivity contribution < 1.29 is 13.9 Å². The van der Waals surface area contributed by atoms with Crippen LogP contribution >= 0.6 is 0 Å². The molecule has 0 bridgehead atoms. The van der Waals surface area contributed by atoms with Gasteiger partial charge in [-0.05, 0) is 55.9 Å². The van der Waals surface area contributed by atoms with Crippen molar-refractivity contribution in [1.82, 2.24) is 15.1 Å². The van der Waals surface area contributed by atoms with Gasteiger partial charge < -0.3 is 9.64 Å². The van der Waals surface area contributed by atoms with Gasteiger partial charge in [-0.1, -0.05) is 24.3 Å². The normalized spacial score (nSPS) is 17.5. The Bertz CT molecular complexity index is 1200. The lowest BCUT2D eigenvalue weighted by molar-refractivity contribution is -0.0706. The topological polar surface area (TPSA) is 75.3 Å². The van der Waals surface area contributed by atoms with Crippen molar-refractivity contribution in [3.8, 4) is 0 Å². The summed E-state index contributed by atoms with van der Waals surface area (Å²) in [6.45, 7) is 1.15. The van der Waals surface area contributed by atoms with E-state index in [1.54, 1.807) is 29.2 Å². The van der Waals surface area contributed by atoms with Gasteiger partial charge in [0, 0.05) is 24.9 Å². The Morgan fingerprint density at radius 1 is 1.06 bits per heavy atom. The number of carbonyl (C=O) groups excluding carboxylic acids is 1. The Hall–Kier alpha value is -3.06. The quantitative estimate of drug-likeness (QED) is 0.661. The lowest BCUT2D eigenvalue weighted by Crippen LogP contribution is -2.42. The number of carbonyl (C=O) groups is 1. The smallest absolute Gasteiger partial charge is 0.272 e. The summed E-state index contributed by atoms with van der Waals surface area (Å²) >= 11 is 0. The molecule has 7 heteroatoms. The monoisotopic (exact) mass is 435 g/mol. The van der Waals surface area contributed by atoms with E-state index < -0.39 is 5.82 Å². The molecule has 0 atom stereocenters. The van der Waals surface area contributed by atoms with Crippen LogP contribution in [0.1, 0.15) is 53.7 Å². The molecule has 0 radical (unpaired) electrons. The third-order valence-corrected chi connectivity index (χ3v) is 6.57. The molecule has 0 spiro atoms. The van der Waals surface area contributed by atoms with Gasteiger partial charge in [0.2, 0.25) is 0 Å². The van der Waals surface area contributed by atoms with Crippen LogP contribution in [0.25, 0.3) is 10.8 Å². The van der Waals surface area contributed by atoms with E-state index in [1.165, 1.54) is 12.5 Å². The van der Waals surface area contributed by atoms with Crippen LogP contribution in [0.3, 0.4) is 0 Å². The number of aromatic amines is 1. The lowest BCUT2D eigenvalue weighted by atomic mass is 9.95. The van der Waals surface area contributed by atoms with Gasteiger partial charge in [-0.15, -0.1) is 0 Å². The number of ether oxygens (including phenoxy) is 1. The van der Waals surface area contributed by atoms with E-state index in [0.29, 0.717) is 36.7 Å². The number of hydrogen-bond acceptors (Lipinski definition) is 4. The molecule has 0 unspecified atom stereocenters. The van der Waals surface area contributed by atoms with E-state index >= 15 is 0 Å². The summed E-state index contributed by atoms with van der Waals surface area (Å²) < 4.78 is 20.7. The Morgan fingerprint density at radius 3 is 2.50 bits per heavy atom. The van der Waals surface area contributed by atoms with Crippen LogP contribution in [0, 0.1) is 5.82 Å². The average Bonchev–Trinajstić information content (AvgIpc) is 2.79. The first-order valence-corrected chi connectivity index (χ1v) is 11.3. The second kappa shape index (κ2) is 8.82. The average molecular weight is 435 g/mol. The molecule has 1 aliphatic carbocycles. The van der Waals surface area contributed by atoms with Crippen LogP contribution in [0.2, 0.25) is 0 Å². The molecule has 32 heavy (non-hydrogen) atoms. The van der Waals surface area contributed by atoms with Gasteiger partial charge in [0.1, 0.15) is 5.82 Å². The van der Waals surface area contributed by atoms with Crippen LogP contribution in [0.15, 0.2) is 47.3 Å². The minimum Gasteiger partial charge on any atom is -0.375 e. The van der Waals surface area contributed by atoms with Gasteiger partial charge in [0.15, 0.2) is 0 Å². The molecule has 1 aliphatic heterocycles. The van der Waals surface area contributed by atoms with Gasteiger partial charge in [-0.25, -0.2) is 9.49 Å². The number of fused-ring (bicyclic) bond motifs is 1. The van der Waals surface area contributed by atoms with E-state index in [-0.39, 0.29) is 23.1 Å². The maximum absolute atomic E-state index is 14.6. The Kier molecular flexibility index (Phi) is 5.74. The number of H-pyrrole nitrogens is 1. The molecule has 3 aromatic rings. The van der Waals surface area contributed by atoms with Gasteiger partial charge in [-0.2, -0.15) is 5.10 Å². The van der Waals surface area contributed by atoms with Crippen LogP contribution < -0.4 is 5.56 Å². The Balaban J connectivity index is 1.32. The maximum Gasteiger partial charge on any atom is 0.272 e. The van der Waals surface area contributed by atoms with Crippen molar-refractivity contribution >= 4 is 16.7 Å². The lowest BCUT2D eigenvalue weighted by Gasteiger charge is -2.36. The van der Waals surface area contributed by atoms with Gasteiger partial charge in [0.05, 0.1) is 28.9 Å². The number of nitrogens with zero attached hydrogens (tertiary/aromatic N) is 2. The summed E-state index contributed by atoms with van der Waals surface area (Å²) in [5, 5.41) is 8.02. The highest BCUT2D eigenvalue weighted by atomic mass is 19.1. The Labute approximate surface area is 185 Å². The Morgan fingerprint density at radius 2 is 1.78 bits per heavy atom. The van der Waals surface area contributed by atoms with E-state index in [0.717, 1.165) is 36.6 Å². The molecule has 2 heterocycles. The first-order valence-electron chi connectivity index (χ1n) is 11.3. The molecule has 6 nitrogen and oxygen atoms in total. The first-order chi connectivity index (χ1) is 15.6. The summed E-state index contributed by atoms with van der Waals surface area (Å²) in [5.41, 5.74) is 1.28.